The first-order valence-electron chi connectivity index (χ1n) is 3.63. The molecule has 0 heterocycles. The number of hydrogen-bond donors (Lipinski definition) is 3. The molecule has 1 rings (SSSR count). The largest absolute Gasteiger partial charge is 0.506 e. The minimum absolute atomic E-state index is 0.0341. The normalized spacial score (nSPS) is 9.67. The minimum Gasteiger partial charge on any atom is -0.506 e. The summed E-state index contributed by atoms with van der Waals surface area (Å²) in [5.74, 6) is 0.0341. The lowest BCUT2D eigenvalue weighted by Gasteiger charge is -2.06. The van der Waals surface area contributed by atoms with E-state index in [2.05, 4.69) is 6.58 Å². The Hall–Kier alpha value is -1.64. The van der Waals surface area contributed by atoms with E-state index in [-0.39, 0.29) is 5.75 Å². The van der Waals surface area contributed by atoms with Gasteiger partial charge in [0.25, 0.3) is 0 Å². The molecule has 0 radical (unpaired) electrons. The molecule has 0 aliphatic heterocycles. The Labute approximate surface area is 71.3 Å². The topological polar surface area (TPSA) is 72.3 Å². The van der Waals surface area contributed by atoms with Crippen molar-refractivity contribution in [2.45, 2.75) is 6.42 Å². The lowest BCUT2D eigenvalue weighted by atomic mass is 10.1. The number of nitrogen functional groups attached to an aromatic ring is 2. The quantitative estimate of drug-likeness (QED) is 0.350. The Balaban J connectivity index is 3.17. The van der Waals surface area contributed by atoms with Gasteiger partial charge in [-0.2, -0.15) is 0 Å². The van der Waals surface area contributed by atoms with Gasteiger partial charge >= 0.3 is 0 Å². The van der Waals surface area contributed by atoms with Crippen LogP contribution in [0, 0.1) is 0 Å². The number of rotatable bonds is 2. The number of benzene rings is 1. The molecule has 3 nitrogen and oxygen atoms in total. The summed E-state index contributed by atoms with van der Waals surface area (Å²) in [7, 11) is 0. The van der Waals surface area contributed by atoms with E-state index in [9.17, 15) is 5.11 Å². The van der Waals surface area contributed by atoms with Crippen LogP contribution in [-0.4, -0.2) is 5.11 Å². The van der Waals surface area contributed by atoms with Gasteiger partial charge in [-0.25, -0.2) is 0 Å². The second-order valence-electron chi connectivity index (χ2n) is 2.61. The van der Waals surface area contributed by atoms with Crippen LogP contribution in [0.15, 0.2) is 24.8 Å². The number of hydrogen-bond acceptors (Lipinski definition) is 3. The zero-order valence-corrected chi connectivity index (χ0v) is 6.75. The monoisotopic (exact) mass is 164 g/mol. The van der Waals surface area contributed by atoms with Crippen LogP contribution < -0.4 is 11.5 Å². The van der Waals surface area contributed by atoms with Crippen LogP contribution >= 0.6 is 0 Å². The average Bonchev–Trinajstić information content (AvgIpc) is 2.00. The molecule has 0 atom stereocenters. The number of phenols is 1. The average molecular weight is 164 g/mol. The van der Waals surface area contributed by atoms with Gasteiger partial charge in [-0.1, -0.05) is 6.08 Å². The Morgan fingerprint density at radius 2 is 2.08 bits per heavy atom. The van der Waals surface area contributed by atoms with Crippen LogP contribution in [0.5, 0.6) is 5.75 Å². The minimum atomic E-state index is 0.0341. The third kappa shape index (κ3) is 1.50. The van der Waals surface area contributed by atoms with Gasteiger partial charge in [-0.15, -0.1) is 6.58 Å². The van der Waals surface area contributed by atoms with E-state index in [4.69, 9.17) is 11.5 Å². The van der Waals surface area contributed by atoms with Gasteiger partial charge in [0, 0.05) is 11.8 Å². The molecule has 0 unspecified atom stereocenters. The summed E-state index contributed by atoms with van der Waals surface area (Å²) in [6, 6.07) is 3.17. The van der Waals surface area contributed by atoms with E-state index in [1.165, 1.54) is 6.07 Å². The molecule has 5 N–H and O–H groups in total. The van der Waals surface area contributed by atoms with Gasteiger partial charge in [0.05, 0.1) is 5.69 Å². The number of anilines is 2. The number of nitrogens with two attached hydrogens (primary N) is 2. The van der Waals surface area contributed by atoms with E-state index in [0.717, 1.165) is 5.56 Å². The van der Waals surface area contributed by atoms with Crippen molar-refractivity contribution in [1.29, 1.82) is 0 Å². The van der Waals surface area contributed by atoms with Gasteiger partial charge in [0.1, 0.15) is 5.75 Å². The van der Waals surface area contributed by atoms with Gasteiger partial charge < -0.3 is 16.6 Å². The first kappa shape index (κ1) is 8.46. The summed E-state index contributed by atoms with van der Waals surface area (Å²) < 4.78 is 0. The Bertz CT molecular complexity index is 308. The standard InChI is InChI=1S/C9H12N2O/c1-2-3-6-4-7(10)5-8(12)9(6)11/h2,4-5,12H,1,3,10-11H2. The molecule has 64 valence electrons. The van der Waals surface area contributed by atoms with Crippen molar-refractivity contribution in [3.63, 3.8) is 0 Å². The van der Waals surface area contributed by atoms with E-state index in [1.54, 1.807) is 12.1 Å². The number of aromatic hydroxyl groups is 1. The summed E-state index contributed by atoms with van der Waals surface area (Å²) >= 11 is 0. The summed E-state index contributed by atoms with van der Waals surface area (Å²) in [5, 5.41) is 9.27. The lowest BCUT2D eigenvalue weighted by Crippen LogP contribution is -1.96. The predicted molar refractivity (Wildman–Crippen MR) is 50.8 cm³/mol. The maximum Gasteiger partial charge on any atom is 0.140 e. The molecule has 0 aromatic heterocycles. The van der Waals surface area contributed by atoms with Crippen molar-refractivity contribution in [2.24, 2.45) is 0 Å². The van der Waals surface area contributed by atoms with Crippen LogP contribution in [0.2, 0.25) is 0 Å². The molecule has 0 aliphatic rings. The molecule has 1 aromatic carbocycles. The molecule has 0 fully saturated rings. The molecule has 12 heavy (non-hydrogen) atoms. The summed E-state index contributed by atoms with van der Waals surface area (Å²) in [6.45, 7) is 3.58. The van der Waals surface area contributed by atoms with Gasteiger partial charge in [-0.3, -0.25) is 0 Å². The third-order valence-electron chi connectivity index (χ3n) is 1.63. The Kier molecular flexibility index (Phi) is 2.24. The van der Waals surface area contributed by atoms with Gasteiger partial charge in [0.15, 0.2) is 0 Å². The first-order chi connectivity index (χ1) is 5.65. The fraction of sp³-hybridized carbons (Fsp3) is 0.111. The number of allylic oxidation sites excluding steroid dienone is 1. The molecule has 0 amide bonds. The fourth-order valence-corrected chi connectivity index (χ4v) is 1.05. The first-order valence-corrected chi connectivity index (χ1v) is 3.63. The van der Waals surface area contributed by atoms with Crippen LogP contribution in [0.25, 0.3) is 0 Å². The maximum atomic E-state index is 9.27. The van der Waals surface area contributed by atoms with Crippen molar-refractivity contribution in [3.05, 3.63) is 30.4 Å². The SMILES string of the molecule is C=CCc1cc(N)cc(O)c1N. The summed E-state index contributed by atoms with van der Waals surface area (Å²) in [6.07, 6.45) is 2.33. The molecule has 0 saturated heterocycles. The van der Waals surface area contributed by atoms with Crippen LogP contribution in [0.4, 0.5) is 11.4 Å². The highest BCUT2D eigenvalue weighted by molar-refractivity contribution is 5.64. The van der Waals surface area contributed by atoms with Crippen molar-refractivity contribution in [1.82, 2.24) is 0 Å². The molecular weight excluding hydrogens is 152 g/mol. The molecule has 0 saturated carbocycles. The molecule has 0 aliphatic carbocycles. The van der Waals surface area contributed by atoms with Crippen molar-refractivity contribution < 1.29 is 5.11 Å². The highest BCUT2D eigenvalue weighted by atomic mass is 16.3. The molecular formula is C9H12N2O. The predicted octanol–water partition coefficient (Wildman–Crippen LogP) is 1.29. The Morgan fingerprint density at radius 1 is 1.42 bits per heavy atom. The van der Waals surface area contributed by atoms with Crippen LogP contribution in [0.3, 0.4) is 0 Å². The third-order valence-corrected chi connectivity index (χ3v) is 1.63. The summed E-state index contributed by atoms with van der Waals surface area (Å²) in [5.41, 5.74) is 12.8. The van der Waals surface area contributed by atoms with Crippen molar-refractivity contribution in [2.75, 3.05) is 11.5 Å². The number of phenolic OH excluding ortho intramolecular Hbond substituents is 1. The van der Waals surface area contributed by atoms with Crippen molar-refractivity contribution in [3.8, 4) is 5.75 Å². The maximum absolute atomic E-state index is 9.27. The van der Waals surface area contributed by atoms with Gasteiger partial charge in [-0.05, 0) is 18.1 Å². The smallest absolute Gasteiger partial charge is 0.140 e. The van der Waals surface area contributed by atoms with Crippen molar-refractivity contribution >= 4 is 11.4 Å². The van der Waals surface area contributed by atoms with Crippen LogP contribution in [-0.2, 0) is 6.42 Å². The Morgan fingerprint density at radius 3 is 2.67 bits per heavy atom. The van der Waals surface area contributed by atoms with E-state index in [1.807, 2.05) is 0 Å². The summed E-state index contributed by atoms with van der Waals surface area (Å²) in [4.78, 5) is 0. The van der Waals surface area contributed by atoms with Crippen LogP contribution in [0.1, 0.15) is 5.56 Å². The highest BCUT2D eigenvalue weighted by Crippen LogP contribution is 2.27. The zero-order valence-electron chi connectivity index (χ0n) is 6.75. The lowest BCUT2D eigenvalue weighted by molar-refractivity contribution is 0.478. The highest BCUT2D eigenvalue weighted by Gasteiger charge is 2.03. The zero-order chi connectivity index (χ0) is 9.14. The molecule has 3 heteroatoms. The molecule has 0 bridgehead atoms. The fourth-order valence-electron chi connectivity index (χ4n) is 1.05. The molecule has 1 aromatic rings. The van der Waals surface area contributed by atoms with E-state index in [0.29, 0.717) is 17.8 Å². The molecule has 0 spiro atoms. The van der Waals surface area contributed by atoms with E-state index < -0.39 is 0 Å². The second-order valence-corrected chi connectivity index (χ2v) is 2.61. The van der Waals surface area contributed by atoms with Gasteiger partial charge in [0.2, 0.25) is 0 Å². The van der Waals surface area contributed by atoms with E-state index >= 15 is 0 Å². The second kappa shape index (κ2) is 3.17.